The normalized spacial score (nSPS) is 16.1. The Morgan fingerprint density at radius 2 is 2.03 bits per heavy atom. The Balaban J connectivity index is 1.34. The summed E-state index contributed by atoms with van der Waals surface area (Å²) in [6.45, 7) is 2.22. The number of amides is 2. The van der Waals surface area contributed by atoms with Gasteiger partial charge in [0.25, 0.3) is 5.91 Å². The Bertz CT molecular complexity index is 1020. The number of aryl methyl sites for hydroxylation is 1. The maximum absolute atomic E-state index is 12.3. The van der Waals surface area contributed by atoms with Crippen LogP contribution in [0, 0.1) is 6.92 Å². The molecule has 0 spiro atoms. The second kappa shape index (κ2) is 8.14. The van der Waals surface area contributed by atoms with E-state index in [1.165, 1.54) is 0 Å². The van der Waals surface area contributed by atoms with Crippen molar-refractivity contribution in [2.75, 3.05) is 23.4 Å². The van der Waals surface area contributed by atoms with E-state index < -0.39 is 5.91 Å². The molecule has 1 aliphatic rings. The molecule has 1 aromatic heterocycles. The number of carbonyl (C=O) groups excluding carboxylic acids is 2. The van der Waals surface area contributed by atoms with Gasteiger partial charge in [-0.15, -0.1) is 5.10 Å². The molecule has 1 atom stereocenters. The van der Waals surface area contributed by atoms with Crippen LogP contribution in [-0.4, -0.2) is 35.2 Å². The molecule has 0 saturated carbocycles. The van der Waals surface area contributed by atoms with Crippen LogP contribution in [0.1, 0.15) is 23.8 Å². The number of rotatable bonds is 6. The second-order valence-corrected chi connectivity index (χ2v) is 6.84. The van der Waals surface area contributed by atoms with E-state index in [1.807, 2.05) is 55.5 Å². The van der Waals surface area contributed by atoms with Gasteiger partial charge in [0.2, 0.25) is 11.8 Å². The lowest BCUT2D eigenvalue weighted by molar-refractivity contribution is -0.118. The third-order valence-corrected chi connectivity index (χ3v) is 4.59. The molecule has 29 heavy (non-hydrogen) atoms. The minimum atomic E-state index is -0.407. The van der Waals surface area contributed by atoms with E-state index in [4.69, 9.17) is 9.15 Å². The largest absolute Gasteiger partial charge is 0.484 e. The maximum atomic E-state index is 12.3. The number of aromatic nitrogens is 2. The van der Waals surface area contributed by atoms with Crippen LogP contribution in [0.4, 0.5) is 11.7 Å². The molecule has 0 bridgehead atoms. The van der Waals surface area contributed by atoms with Gasteiger partial charge in [0.1, 0.15) is 5.75 Å². The van der Waals surface area contributed by atoms with Gasteiger partial charge in [0.15, 0.2) is 6.61 Å². The van der Waals surface area contributed by atoms with Crippen LogP contribution < -0.4 is 15.0 Å². The van der Waals surface area contributed by atoms with Gasteiger partial charge in [-0.05, 0) is 36.8 Å². The minimum Gasteiger partial charge on any atom is -0.484 e. The first-order chi connectivity index (χ1) is 14.1. The van der Waals surface area contributed by atoms with E-state index in [1.54, 1.807) is 11.0 Å². The van der Waals surface area contributed by atoms with Crippen molar-refractivity contribution in [2.24, 2.45) is 0 Å². The molecule has 1 fully saturated rings. The highest BCUT2D eigenvalue weighted by Crippen LogP contribution is 2.31. The first-order valence-corrected chi connectivity index (χ1v) is 9.26. The molecule has 1 aliphatic heterocycles. The molecule has 1 unspecified atom stereocenters. The Kier molecular flexibility index (Phi) is 5.24. The summed E-state index contributed by atoms with van der Waals surface area (Å²) < 4.78 is 11.0. The van der Waals surface area contributed by atoms with Crippen molar-refractivity contribution in [2.45, 2.75) is 19.3 Å². The Morgan fingerprint density at radius 3 is 2.83 bits per heavy atom. The number of nitrogens with zero attached hydrogens (tertiary/aromatic N) is 3. The van der Waals surface area contributed by atoms with Crippen molar-refractivity contribution in [1.82, 2.24) is 10.2 Å². The molecular weight excluding hydrogens is 372 g/mol. The Labute approximate surface area is 167 Å². The van der Waals surface area contributed by atoms with E-state index >= 15 is 0 Å². The number of benzene rings is 2. The van der Waals surface area contributed by atoms with Crippen LogP contribution in [0.15, 0.2) is 59.0 Å². The summed E-state index contributed by atoms with van der Waals surface area (Å²) in [5, 5.41) is 10.4. The van der Waals surface area contributed by atoms with Crippen molar-refractivity contribution in [1.29, 1.82) is 0 Å². The average molecular weight is 392 g/mol. The van der Waals surface area contributed by atoms with Crippen molar-refractivity contribution in [3.63, 3.8) is 0 Å². The number of carbonyl (C=O) groups is 2. The first kappa shape index (κ1) is 18.7. The van der Waals surface area contributed by atoms with E-state index in [9.17, 15) is 9.59 Å². The lowest BCUT2D eigenvalue weighted by Crippen LogP contribution is -2.24. The summed E-state index contributed by atoms with van der Waals surface area (Å²) in [5.74, 6) is 0.305. The van der Waals surface area contributed by atoms with Crippen LogP contribution in [0.3, 0.4) is 0 Å². The molecule has 0 radical (unpaired) electrons. The third-order valence-electron chi connectivity index (χ3n) is 4.59. The number of hydrogen-bond donors (Lipinski definition) is 1. The fourth-order valence-electron chi connectivity index (χ4n) is 3.19. The first-order valence-electron chi connectivity index (χ1n) is 9.26. The molecule has 0 aliphatic carbocycles. The fourth-order valence-corrected chi connectivity index (χ4v) is 3.19. The molecule has 3 aromatic rings. The number of anilines is 2. The molecule has 4 rings (SSSR count). The van der Waals surface area contributed by atoms with Crippen LogP contribution in [0.25, 0.3) is 0 Å². The summed E-state index contributed by atoms with van der Waals surface area (Å²) in [6.07, 6.45) is 0.279. The molecular formula is C21H20N4O4. The smallest absolute Gasteiger partial charge is 0.322 e. The predicted octanol–water partition coefficient (Wildman–Crippen LogP) is 2.92. The van der Waals surface area contributed by atoms with E-state index in [-0.39, 0.29) is 30.9 Å². The van der Waals surface area contributed by atoms with Crippen LogP contribution >= 0.6 is 0 Å². The molecule has 2 heterocycles. The number of ether oxygens (including phenoxy) is 1. The summed E-state index contributed by atoms with van der Waals surface area (Å²) in [6, 6.07) is 16.8. The highest BCUT2D eigenvalue weighted by Gasteiger charge is 2.35. The molecule has 1 N–H and O–H groups in total. The quantitative estimate of drug-likeness (QED) is 0.693. The summed E-state index contributed by atoms with van der Waals surface area (Å²) in [4.78, 5) is 26.1. The number of hydrogen-bond acceptors (Lipinski definition) is 6. The Morgan fingerprint density at radius 1 is 1.21 bits per heavy atom. The van der Waals surface area contributed by atoms with Gasteiger partial charge in [-0.25, -0.2) is 0 Å². The van der Waals surface area contributed by atoms with E-state index in [0.717, 1.165) is 11.3 Å². The third kappa shape index (κ3) is 4.43. The molecule has 8 nitrogen and oxygen atoms in total. The van der Waals surface area contributed by atoms with Crippen molar-refractivity contribution >= 4 is 23.5 Å². The average Bonchev–Trinajstić information content (AvgIpc) is 3.34. The predicted molar refractivity (Wildman–Crippen MR) is 106 cm³/mol. The topological polar surface area (TPSA) is 97.6 Å². The van der Waals surface area contributed by atoms with Gasteiger partial charge in [-0.2, -0.15) is 0 Å². The zero-order valence-corrected chi connectivity index (χ0v) is 15.9. The summed E-state index contributed by atoms with van der Waals surface area (Å²) in [7, 11) is 0. The zero-order chi connectivity index (χ0) is 20.2. The Hall–Kier alpha value is -3.68. The van der Waals surface area contributed by atoms with E-state index in [2.05, 4.69) is 15.5 Å². The number of nitrogens with one attached hydrogen (secondary N) is 1. The van der Waals surface area contributed by atoms with Crippen molar-refractivity contribution in [3.8, 4) is 5.75 Å². The lowest BCUT2D eigenvalue weighted by atomic mass is 10.1. The van der Waals surface area contributed by atoms with E-state index in [0.29, 0.717) is 18.2 Å². The maximum Gasteiger partial charge on any atom is 0.322 e. The van der Waals surface area contributed by atoms with Gasteiger partial charge in [-0.3, -0.25) is 14.9 Å². The lowest BCUT2D eigenvalue weighted by Gasteiger charge is -2.15. The van der Waals surface area contributed by atoms with Crippen molar-refractivity contribution < 1.29 is 18.7 Å². The van der Waals surface area contributed by atoms with Crippen LogP contribution in [0.2, 0.25) is 0 Å². The second-order valence-electron chi connectivity index (χ2n) is 6.84. The molecule has 2 aromatic carbocycles. The van der Waals surface area contributed by atoms with Gasteiger partial charge in [0, 0.05) is 18.7 Å². The summed E-state index contributed by atoms with van der Waals surface area (Å²) in [5.41, 5.74) is 1.88. The highest BCUT2D eigenvalue weighted by atomic mass is 16.5. The van der Waals surface area contributed by atoms with Crippen molar-refractivity contribution in [3.05, 3.63) is 66.1 Å². The minimum absolute atomic E-state index is 0.00320. The van der Waals surface area contributed by atoms with Gasteiger partial charge < -0.3 is 14.1 Å². The van der Waals surface area contributed by atoms with Crippen LogP contribution in [-0.2, 0) is 9.59 Å². The molecule has 148 valence electrons. The molecule has 8 heteroatoms. The van der Waals surface area contributed by atoms with Gasteiger partial charge in [-0.1, -0.05) is 35.4 Å². The molecule has 1 saturated heterocycles. The van der Waals surface area contributed by atoms with Gasteiger partial charge in [0.05, 0.1) is 5.92 Å². The standard InChI is InChI=1S/C21H20N4O4/c1-14-6-5-9-17(10-14)28-13-18(26)22-21-24-23-20(29-21)15-11-19(27)25(12-15)16-7-3-2-4-8-16/h2-10,15H,11-13H2,1H3,(H,22,24,26). The van der Waals surface area contributed by atoms with Gasteiger partial charge >= 0.3 is 6.01 Å². The SMILES string of the molecule is Cc1cccc(OCC(=O)Nc2nnc(C3CC(=O)N(c4ccccc4)C3)o2)c1. The fraction of sp³-hybridized carbons (Fsp3) is 0.238. The summed E-state index contributed by atoms with van der Waals surface area (Å²) >= 11 is 0. The molecule has 2 amide bonds. The number of para-hydroxylation sites is 1. The highest BCUT2D eigenvalue weighted by molar-refractivity contribution is 5.96. The zero-order valence-electron chi connectivity index (χ0n) is 15.9. The van der Waals surface area contributed by atoms with Crippen LogP contribution in [0.5, 0.6) is 5.75 Å². The monoisotopic (exact) mass is 392 g/mol.